The van der Waals surface area contributed by atoms with Gasteiger partial charge < -0.3 is 9.64 Å². The Balaban J connectivity index is 1.38. The van der Waals surface area contributed by atoms with Crippen molar-refractivity contribution in [2.45, 2.75) is 26.4 Å². The van der Waals surface area contributed by atoms with E-state index in [1.54, 1.807) is 12.5 Å². The molecule has 5 rings (SSSR count). The number of aryl methyl sites for hydroxylation is 2. The number of ether oxygens (including phenoxy) is 1. The first-order chi connectivity index (χ1) is 13.7. The second-order valence-corrected chi connectivity index (χ2v) is 7.32. The van der Waals surface area contributed by atoms with Crippen LogP contribution in [0.2, 0.25) is 0 Å². The molecule has 0 spiro atoms. The van der Waals surface area contributed by atoms with Gasteiger partial charge in [0.25, 0.3) is 0 Å². The summed E-state index contributed by atoms with van der Waals surface area (Å²) in [7, 11) is 0. The van der Waals surface area contributed by atoms with Gasteiger partial charge in [-0.3, -0.25) is 0 Å². The number of para-hydroxylation sites is 2. The first-order valence-electron chi connectivity index (χ1n) is 9.53. The van der Waals surface area contributed by atoms with Crippen molar-refractivity contribution in [1.29, 1.82) is 0 Å². The van der Waals surface area contributed by atoms with E-state index in [4.69, 9.17) is 4.74 Å². The van der Waals surface area contributed by atoms with Crippen molar-refractivity contribution in [3.63, 3.8) is 0 Å². The molecule has 0 unspecified atom stereocenters. The predicted molar refractivity (Wildman–Crippen MR) is 110 cm³/mol. The zero-order chi connectivity index (χ0) is 19.1. The molecule has 0 amide bonds. The number of anilines is 1. The molecule has 6 nitrogen and oxygen atoms in total. The van der Waals surface area contributed by atoms with E-state index in [-0.39, 0.29) is 6.10 Å². The molecule has 2 aromatic carbocycles. The Morgan fingerprint density at radius 3 is 2.68 bits per heavy atom. The number of nitrogens with zero attached hydrogens (tertiary/aromatic N) is 5. The summed E-state index contributed by atoms with van der Waals surface area (Å²) in [5.74, 6) is 1.55. The largest absolute Gasteiger partial charge is 0.471 e. The lowest BCUT2D eigenvalue weighted by Gasteiger charge is -2.19. The van der Waals surface area contributed by atoms with Crippen LogP contribution in [0.5, 0.6) is 5.88 Å². The van der Waals surface area contributed by atoms with E-state index in [0.717, 1.165) is 47.3 Å². The molecule has 1 fully saturated rings. The van der Waals surface area contributed by atoms with Gasteiger partial charge in [0.05, 0.1) is 29.3 Å². The number of hydrogen-bond acceptors (Lipinski definition) is 6. The van der Waals surface area contributed by atoms with E-state index in [9.17, 15) is 0 Å². The van der Waals surface area contributed by atoms with Gasteiger partial charge in [0, 0.05) is 18.4 Å². The third-order valence-electron chi connectivity index (χ3n) is 5.39. The standard InChI is InChI=1S/C22H21N5O/c1-14-9-17-20(10-15(14)2)24-13-25-22(17)27-8-7-16(12-27)28-21-11-23-18-5-3-4-6-19(18)26-21/h3-6,9-11,13,16H,7-8,12H2,1-2H3/t16-/m1/s1. The molecule has 3 heterocycles. The average Bonchev–Trinajstić information content (AvgIpc) is 3.16. The van der Waals surface area contributed by atoms with E-state index in [1.807, 2.05) is 24.3 Å². The predicted octanol–water partition coefficient (Wildman–Crippen LogP) is 3.85. The molecule has 2 aromatic heterocycles. The fourth-order valence-electron chi connectivity index (χ4n) is 3.74. The van der Waals surface area contributed by atoms with Crippen LogP contribution in [-0.4, -0.2) is 39.1 Å². The molecule has 1 saturated heterocycles. The first-order valence-corrected chi connectivity index (χ1v) is 9.53. The fraction of sp³-hybridized carbons (Fsp3) is 0.273. The highest BCUT2D eigenvalue weighted by atomic mass is 16.5. The van der Waals surface area contributed by atoms with Crippen molar-refractivity contribution in [3.05, 3.63) is 60.0 Å². The van der Waals surface area contributed by atoms with E-state index in [2.05, 4.69) is 50.8 Å². The lowest BCUT2D eigenvalue weighted by atomic mass is 10.1. The molecular formula is C22H21N5O. The maximum atomic E-state index is 6.13. The van der Waals surface area contributed by atoms with Crippen molar-refractivity contribution in [1.82, 2.24) is 19.9 Å². The van der Waals surface area contributed by atoms with Crippen molar-refractivity contribution in [2.75, 3.05) is 18.0 Å². The summed E-state index contributed by atoms with van der Waals surface area (Å²) in [6, 6.07) is 12.1. The van der Waals surface area contributed by atoms with Crippen LogP contribution in [0.4, 0.5) is 5.82 Å². The molecule has 4 aromatic rings. The number of rotatable bonds is 3. The zero-order valence-corrected chi connectivity index (χ0v) is 16.0. The van der Waals surface area contributed by atoms with Crippen LogP contribution in [0.1, 0.15) is 17.5 Å². The maximum absolute atomic E-state index is 6.13. The molecule has 1 atom stereocenters. The van der Waals surface area contributed by atoms with Crippen LogP contribution in [-0.2, 0) is 0 Å². The van der Waals surface area contributed by atoms with Crippen LogP contribution in [0.25, 0.3) is 21.9 Å². The molecule has 0 N–H and O–H groups in total. The molecule has 28 heavy (non-hydrogen) atoms. The van der Waals surface area contributed by atoms with Gasteiger partial charge in [0.1, 0.15) is 18.2 Å². The van der Waals surface area contributed by atoms with Crippen molar-refractivity contribution >= 4 is 27.8 Å². The van der Waals surface area contributed by atoms with Crippen LogP contribution in [0.15, 0.2) is 48.9 Å². The van der Waals surface area contributed by atoms with Gasteiger partial charge >= 0.3 is 0 Å². The Bertz CT molecular complexity index is 1180. The van der Waals surface area contributed by atoms with Crippen molar-refractivity contribution in [3.8, 4) is 5.88 Å². The second kappa shape index (κ2) is 6.71. The van der Waals surface area contributed by atoms with Gasteiger partial charge in [-0.05, 0) is 49.2 Å². The molecule has 1 aliphatic rings. The highest BCUT2D eigenvalue weighted by Crippen LogP contribution is 2.29. The van der Waals surface area contributed by atoms with Crippen LogP contribution in [0, 0.1) is 13.8 Å². The van der Waals surface area contributed by atoms with E-state index in [0.29, 0.717) is 5.88 Å². The molecule has 0 saturated carbocycles. The highest BCUT2D eigenvalue weighted by molar-refractivity contribution is 5.90. The fourth-order valence-corrected chi connectivity index (χ4v) is 3.74. The van der Waals surface area contributed by atoms with Gasteiger partial charge in [-0.15, -0.1) is 0 Å². The first kappa shape index (κ1) is 16.9. The van der Waals surface area contributed by atoms with Gasteiger partial charge in [-0.2, -0.15) is 0 Å². The summed E-state index contributed by atoms with van der Waals surface area (Å²) in [6.45, 7) is 5.90. The lowest BCUT2D eigenvalue weighted by Crippen LogP contribution is -2.25. The molecular weight excluding hydrogens is 350 g/mol. The Hall–Kier alpha value is -3.28. The SMILES string of the molecule is Cc1cc2ncnc(N3CC[C@@H](Oc4cnc5ccccc5n4)C3)c2cc1C. The zero-order valence-electron chi connectivity index (χ0n) is 16.0. The van der Waals surface area contributed by atoms with Crippen LogP contribution >= 0.6 is 0 Å². The summed E-state index contributed by atoms with van der Waals surface area (Å²) >= 11 is 0. The third kappa shape index (κ3) is 3.01. The Morgan fingerprint density at radius 2 is 1.79 bits per heavy atom. The van der Waals surface area contributed by atoms with E-state index in [1.165, 1.54) is 11.1 Å². The number of benzene rings is 2. The van der Waals surface area contributed by atoms with Crippen molar-refractivity contribution in [2.24, 2.45) is 0 Å². The minimum absolute atomic E-state index is 0.0621. The Kier molecular flexibility index (Phi) is 4.04. The lowest BCUT2D eigenvalue weighted by molar-refractivity contribution is 0.216. The number of fused-ring (bicyclic) bond motifs is 2. The molecule has 1 aliphatic heterocycles. The highest BCUT2D eigenvalue weighted by Gasteiger charge is 2.27. The topological polar surface area (TPSA) is 64.0 Å². The molecule has 0 radical (unpaired) electrons. The normalized spacial score (nSPS) is 16.8. The van der Waals surface area contributed by atoms with E-state index < -0.39 is 0 Å². The summed E-state index contributed by atoms with van der Waals surface area (Å²) < 4.78 is 6.13. The Labute approximate surface area is 163 Å². The summed E-state index contributed by atoms with van der Waals surface area (Å²) in [5, 5.41) is 1.09. The Morgan fingerprint density at radius 1 is 0.964 bits per heavy atom. The molecule has 0 aliphatic carbocycles. The van der Waals surface area contributed by atoms with Gasteiger partial charge in [0.2, 0.25) is 5.88 Å². The van der Waals surface area contributed by atoms with Crippen LogP contribution in [0.3, 0.4) is 0 Å². The molecule has 140 valence electrons. The number of aromatic nitrogens is 4. The van der Waals surface area contributed by atoms with Crippen molar-refractivity contribution < 1.29 is 4.74 Å². The molecule has 0 bridgehead atoms. The summed E-state index contributed by atoms with van der Waals surface area (Å²) in [4.78, 5) is 20.3. The minimum Gasteiger partial charge on any atom is -0.471 e. The summed E-state index contributed by atoms with van der Waals surface area (Å²) in [5.41, 5.74) is 5.21. The van der Waals surface area contributed by atoms with Crippen LogP contribution < -0.4 is 9.64 Å². The maximum Gasteiger partial charge on any atom is 0.233 e. The van der Waals surface area contributed by atoms with Gasteiger partial charge in [0.15, 0.2) is 0 Å². The minimum atomic E-state index is 0.0621. The van der Waals surface area contributed by atoms with Gasteiger partial charge in [-0.1, -0.05) is 12.1 Å². The number of hydrogen-bond donors (Lipinski definition) is 0. The average molecular weight is 371 g/mol. The summed E-state index contributed by atoms with van der Waals surface area (Å²) in [6.07, 6.45) is 4.34. The second-order valence-electron chi connectivity index (χ2n) is 7.32. The van der Waals surface area contributed by atoms with E-state index >= 15 is 0 Å². The third-order valence-corrected chi connectivity index (χ3v) is 5.39. The molecule has 6 heteroatoms. The monoisotopic (exact) mass is 371 g/mol. The quantitative estimate of drug-likeness (QED) is 0.545. The smallest absolute Gasteiger partial charge is 0.233 e. The van der Waals surface area contributed by atoms with Gasteiger partial charge in [-0.25, -0.2) is 19.9 Å².